The number of hydrogen-bond acceptors (Lipinski definition) is 4. The fourth-order valence-corrected chi connectivity index (χ4v) is 3.14. The zero-order valence-corrected chi connectivity index (χ0v) is 11.6. The van der Waals surface area contributed by atoms with Crippen LogP contribution in [0, 0.1) is 0 Å². The van der Waals surface area contributed by atoms with Crippen molar-refractivity contribution in [3.05, 3.63) is 18.0 Å². The zero-order valence-electron chi connectivity index (χ0n) is 10.7. The van der Waals surface area contributed by atoms with Crippen LogP contribution in [0.25, 0.3) is 0 Å². The minimum atomic E-state index is -0.964. The number of nitrogens with zero attached hydrogens (tertiary/aromatic N) is 3. The highest BCUT2D eigenvalue weighted by molar-refractivity contribution is 8.00. The van der Waals surface area contributed by atoms with E-state index in [1.54, 1.807) is 24.1 Å². The monoisotopic (exact) mass is 284 g/mol. The maximum atomic E-state index is 12.1. The Labute approximate surface area is 115 Å². The molecule has 1 aromatic rings. The molecule has 0 bridgehead atoms. The molecule has 2 heterocycles. The fourth-order valence-electron chi connectivity index (χ4n) is 1.97. The van der Waals surface area contributed by atoms with Gasteiger partial charge in [0, 0.05) is 31.1 Å². The third kappa shape index (κ3) is 3.01. The van der Waals surface area contributed by atoms with Crippen molar-refractivity contribution >= 4 is 23.8 Å². The molecule has 2 N–H and O–H groups in total. The first-order valence-corrected chi connectivity index (χ1v) is 6.92. The van der Waals surface area contributed by atoms with E-state index in [4.69, 9.17) is 5.11 Å². The lowest BCUT2D eigenvalue weighted by Crippen LogP contribution is -2.49. The number of aliphatic carboxylic acids is 1. The third-order valence-corrected chi connectivity index (χ3v) is 4.16. The summed E-state index contributed by atoms with van der Waals surface area (Å²) in [5.41, 5.74) is 0.877. The molecule has 8 heteroatoms. The molecule has 1 aliphatic heterocycles. The number of carbonyl (C=O) groups excluding carboxylic acids is 1. The van der Waals surface area contributed by atoms with Crippen LogP contribution in [0.3, 0.4) is 0 Å². The Morgan fingerprint density at radius 3 is 2.95 bits per heavy atom. The van der Waals surface area contributed by atoms with Crippen LogP contribution in [0.15, 0.2) is 12.4 Å². The molecule has 2 atom stereocenters. The lowest BCUT2D eigenvalue weighted by molar-refractivity contribution is -0.141. The molecular weight excluding hydrogens is 268 g/mol. The van der Waals surface area contributed by atoms with Gasteiger partial charge in [-0.15, -0.1) is 11.8 Å². The number of carboxylic acids is 1. The Kier molecular flexibility index (Phi) is 3.98. The summed E-state index contributed by atoms with van der Waals surface area (Å²) < 4.78 is 1.65. The van der Waals surface area contributed by atoms with Gasteiger partial charge in [0.05, 0.1) is 11.6 Å². The van der Waals surface area contributed by atoms with E-state index in [1.807, 2.05) is 6.92 Å². The first kappa shape index (κ1) is 13.7. The van der Waals surface area contributed by atoms with Gasteiger partial charge in [0.2, 0.25) is 0 Å². The van der Waals surface area contributed by atoms with Gasteiger partial charge in [-0.2, -0.15) is 5.10 Å². The molecule has 0 radical (unpaired) electrons. The number of urea groups is 1. The number of carbonyl (C=O) groups is 2. The Morgan fingerprint density at radius 1 is 1.63 bits per heavy atom. The van der Waals surface area contributed by atoms with E-state index in [2.05, 4.69) is 10.4 Å². The first-order valence-electron chi connectivity index (χ1n) is 5.87. The molecule has 0 spiro atoms. The molecule has 19 heavy (non-hydrogen) atoms. The lowest BCUT2D eigenvalue weighted by atomic mass is 10.3. The first-order chi connectivity index (χ1) is 8.99. The van der Waals surface area contributed by atoms with Crippen LogP contribution in [0.2, 0.25) is 0 Å². The number of aryl methyl sites for hydroxylation is 1. The maximum Gasteiger partial charge on any atom is 0.327 e. The number of thioether (sulfide) groups is 1. The number of rotatable bonds is 3. The van der Waals surface area contributed by atoms with Crippen molar-refractivity contribution in [2.75, 3.05) is 5.75 Å². The number of aromatic nitrogens is 2. The molecule has 1 aliphatic rings. The lowest BCUT2D eigenvalue weighted by Gasteiger charge is -2.25. The van der Waals surface area contributed by atoms with E-state index in [0.717, 1.165) is 5.56 Å². The number of nitrogens with one attached hydrogen (secondary N) is 1. The molecule has 1 saturated heterocycles. The second-order valence-corrected chi connectivity index (χ2v) is 5.72. The van der Waals surface area contributed by atoms with Crippen LogP contribution in [-0.2, 0) is 18.4 Å². The van der Waals surface area contributed by atoms with E-state index in [9.17, 15) is 9.59 Å². The van der Waals surface area contributed by atoms with Gasteiger partial charge in [0.1, 0.15) is 6.04 Å². The van der Waals surface area contributed by atoms with Crippen molar-refractivity contribution < 1.29 is 14.7 Å². The van der Waals surface area contributed by atoms with Gasteiger partial charge in [-0.05, 0) is 6.92 Å². The summed E-state index contributed by atoms with van der Waals surface area (Å²) in [6.45, 7) is 2.17. The van der Waals surface area contributed by atoms with Crippen molar-refractivity contribution in [3.8, 4) is 0 Å². The fraction of sp³-hybridized carbons (Fsp3) is 0.545. The van der Waals surface area contributed by atoms with Crippen LogP contribution in [0.5, 0.6) is 0 Å². The van der Waals surface area contributed by atoms with E-state index < -0.39 is 12.0 Å². The van der Waals surface area contributed by atoms with Crippen molar-refractivity contribution in [1.29, 1.82) is 0 Å². The van der Waals surface area contributed by atoms with Gasteiger partial charge in [0.15, 0.2) is 0 Å². The Balaban J connectivity index is 1.96. The summed E-state index contributed by atoms with van der Waals surface area (Å²) in [5.74, 6) is -0.537. The van der Waals surface area contributed by atoms with Crippen LogP contribution in [0.1, 0.15) is 12.5 Å². The van der Waals surface area contributed by atoms with Crippen LogP contribution in [-0.4, -0.2) is 49.0 Å². The topological polar surface area (TPSA) is 87.5 Å². The zero-order chi connectivity index (χ0) is 14.0. The average Bonchev–Trinajstić information content (AvgIpc) is 2.92. The summed E-state index contributed by atoms with van der Waals surface area (Å²) in [5, 5.41) is 15.7. The van der Waals surface area contributed by atoms with Crippen LogP contribution >= 0.6 is 11.8 Å². The number of hydrogen-bond donors (Lipinski definition) is 2. The summed E-state index contributed by atoms with van der Waals surface area (Å²) in [6, 6.07) is -1.11. The van der Waals surface area contributed by atoms with Gasteiger partial charge < -0.3 is 10.4 Å². The van der Waals surface area contributed by atoms with Gasteiger partial charge >= 0.3 is 12.0 Å². The van der Waals surface area contributed by atoms with E-state index in [1.165, 1.54) is 16.7 Å². The molecule has 7 nitrogen and oxygen atoms in total. The molecule has 104 valence electrons. The summed E-state index contributed by atoms with van der Waals surface area (Å²) in [6.07, 6.45) is 3.47. The summed E-state index contributed by atoms with van der Waals surface area (Å²) in [4.78, 5) is 24.5. The van der Waals surface area contributed by atoms with Crippen LogP contribution in [0.4, 0.5) is 4.79 Å². The van der Waals surface area contributed by atoms with Gasteiger partial charge in [-0.25, -0.2) is 9.59 Å². The molecule has 2 amide bonds. The molecule has 1 fully saturated rings. The number of carboxylic acid groups (broad SMARTS) is 1. The smallest absolute Gasteiger partial charge is 0.327 e. The predicted octanol–water partition coefficient (Wildman–Crippen LogP) is 0.478. The molecule has 0 saturated carbocycles. The summed E-state index contributed by atoms with van der Waals surface area (Å²) >= 11 is 1.46. The SMILES string of the molecule is CC1SCC(C(=O)O)N1C(=O)NCc1cnn(C)c1. The molecular formula is C11H16N4O3S. The van der Waals surface area contributed by atoms with Gasteiger partial charge in [-0.1, -0.05) is 0 Å². The number of amides is 2. The molecule has 0 aromatic carbocycles. The minimum Gasteiger partial charge on any atom is -0.480 e. The standard InChI is InChI=1S/C11H16N4O3S/c1-7-15(9(6-19-7)10(16)17)11(18)12-3-8-4-13-14(2)5-8/h4-5,7,9H,3,6H2,1-2H3,(H,12,18)(H,16,17). The largest absolute Gasteiger partial charge is 0.480 e. The Bertz CT molecular complexity index is 490. The Hall–Kier alpha value is -1.70. The van der Waals surface area contributed by atoms with E-state index in [0.29, 0.717) is 12.3 Å². The van der Waals surface area contributed by atoms with Crippen LogP contribution < -0.4 is 5.32 Å². The third-order valence-electron chi connectivity index (χ3n) is 2.94. The highest BCUT2D eigenvalue weighted by Crippen LogP contribution is 2.28. The summed E-state index contributed by atoms with van der Waals surface area (Å²) in [7, 11) is 1.80. The van der Waals surface area contributed by atoms with E-state index in [-0.39, 0.29) is 11.4 Å². The predicted molar refractivity (Wildman–Crippen MR) is 70.6 cm³/mol. The van der Waals surface area contributed by atoms with Crippen molar-refractivity contribution in [3.63, 3.8) is 0 Å². The van der Waals surface area contributed by atoms with E-state index >= 15 is 0 Å². The minimum absolute atomic E-state index is 0.130. The van der Waals surface area contributed by atoms with Gasteiger partial charge in [0.25, 0.3) is 0 Å². The second-order valence-electron chi connectivity index (χ2n) is 4.37. The highest BCUT2D eigenvalue weighted by Gasteiger charge is 2.39. The highest BCUT2D eigenvalue weighted by atomic mass is 32.2. The quantitative estimate of drug-likeness (QED) is 0.843. The molecule has 2 rings (SSSR count). The van der Waals surface area contributed by atoms with Crippen molar-refractivity contribution in [1.82, 2.24) is 20.0 Å². The normalized spacial score (nSPS) is 22.5. The molecule has 2 unspecified atom stereocenters. The van der Waals surface area contributed by atoms with Gasteiger partial charge in [-0.3, -0.25) is 9.58 Å². The molecule has 1 aromatic heterocycles. The molecule has 0 aliphatic carbocycles. The second kappa shape index (κ2) is 5.52. The maximum absolute atomic E-state index is 12.1. The average molecular weight is 284 g/mol. The Morgan fingerprint density at radius 2 is 2.37 bits per heavy atom. The van der Waals surface area contributed by atoms with Crippen molar-refractivity contribution in [2.45, 2.75) is 24.9 Å². The van der Waals surface area contributed by atoms with Crippen molar-refractivity contribution in [2.24, 2.45) is 7.05 Å².